The van der Waals surface area contributed by atoms with Crippen molar-refractivity contribution in [3.63, 3.8) is 0 Å². The predicted molar refractivity (Wildman–Crippen MR) is 242 cm³/mol. The molecule has 0 N–H and O–H groups in total. The van der Waals surface area contributed by atoms with Gasteiger partial charge in [-0.05, 0) is 68.4 Å². The SMILES string of the molecule is Cc1ccc2c(c1)c1ccccc1n2-c1ccccc1-c1ccc(-c2nc(-c3ccccc3)cc(-c3ccccc3)n2)cc1-n1c2ccccc2c2cc(C)ccc21. The Morgan fingerprint density at radius 2 is 0.793 bits per heavy atom. The van der Waals surface area contributed by atoms with Gasteiger partial charge in [0, 0.05) is 49.4 Å². The molecule has 4 heteroatoms. The molecule has 3 aromatic heterocycles. The Bertz CT molecular complexity index is 3300. The minimum Gasteiger partial charge on any atom is -0.309 e. The van der Waals surface area contributed by atoms with E-state index in [9.17, 15) is 0 Å². The van der Waals surface area contributed by atoms with Crippen LogP contribution < -0.4 is 0 Å². The van der Waals surface area contributed by atoms with E-state index in [-0.39, 0.29) is 0 Å². The molecule has 0 bridgehead atoms. The zero-order valence-electron chi connectivity index (χ0n) is 32.3. The number of para-hydroxylation sites is 3. The Balaban J connectivity index is 1.22. The largest absolute Gasteiger partial charge is 0.309 e. The summed E-state index contributed by atoms with van der Waals surface area (Å²) in [7, 11) is 0. The second-order valence-corrected chi connectivity index (χ2v) is 15.2. The minimum absolute atomic E-state index is 0.677. The van der Waals surface area contributed by atoms with Gasteiger partial charge in [0.1, 0.15) is 0 Å². The second kappa shape index (κ2) is 13.6. The summed E-state index contributed by atoms with van der Waals surface area (Å²) in [5, 5.41) is 4.95. The molecule has 0 unspecified atom stereocenters. The molecule has 4 nitrogen and oxygen atoms in total. The first kappa shape index (κ1) is 33.8. The molecule has 11 rings (SSSR count). The Labute approximate surface area is 337 Å². The third kappa shape index (κ3) is 5.53. The zero-order chi connectivity index (χ0) is 38.7. The van der Waals surface area contributed by atoms with Gasteiger partial charge in [0.15, 0.2) is 5.82 Å². The lowest BCUT2D eigenvalue weighted by Gasteiger charge is -2.19. The van der Waals surface area contributed by atoms with Crippen LogP contribution in [0.1, 0.15) is 11.1 Å². The Morgan fingerprint density at radius 1 is 0.328 bits per heavy atom. The maximum absolute atomic E-state index is 5.27. The van der Waals surface area contributed by atoms with Crippen molar-refractivity contribution < 1.29 is 0 Å². The molecule has 58 heavy (non-hydrogen) atoms. The lowest BCUT2D eigenvalue weighted by atomic mass is 9.98. The molecular formula is C54H38N4. The summed E-state index contributed by atoms with van der Waals surface area (Å²) in [5.74, 6) is 0.677. The van der Waals surface area contributed by atoms with Crippen LogP contribution in [0.25, 0.3) is 100 Å². The molecule has 11 aromatic rings. The summed E-state index contributed by atoms with van der Waals surface area (Å²) < 4.78 is 4.87. The van der Waals surface area contributed by atoms with Crippen molar-refractivity contribution >= 4 is 43.6 Å². The van der Waals surface area contributed by atoms with Gasteiger partial charge in [-0.15, -0.1) is 0 Å². The van der Waals surface area contributed by atoms with Gasteiger partial charge in [-0.3, -0.25) is 0 Å². The summed E-state index contributed by atoms with van der Waals surface area (Å²) in [6.07, 6.45) is 0. The fraction of sp³-hybridized carbons (Fsp3) is 0.0370. The summed E-state index contributed by atoms with van der Waals surface area (Å²) in [4.78, 5) is 10.5. The molecule has 0 atom stereocenters. The van der Waals surface area contributed by atoms with Crippen molar-refractivity contribution in [1.29, 1.82) is 0 Å². The van der Waals surface area contributed by atoms with E-state index in [1.807, 2.05) is 12.1 Å². The van der Waals surface area contributed by atoms with Gasteiger partial charge >= 0.3 is 0 Å². The lowest BCUT2D eigenvalue weighted by Crippen LogP contribution is -2.03. The van der Waals surface area contributed by atoms with Crippen LogP contribution in [0.2, 0.25) is 0 Å². The topological polar surface area (TPSA) is 35.6 Å². The first-order valence-corrected chi connectivity index (χ1v) is 19.8. The minimum atomic E-state index is 0.677. The number of hydrogen-bond donors (Lipinski definition) is 0. The zero-order valence-corrected chi connectivity index (χ0v) is 32.3. The van der Waals surface area contributed by atoms with Crippen molar-refractivity contribution in [1.82, 2.24) is 19.1 Å². The number of aryl methyl sites for hydroxylation is 2. The number of hydrogen-bond acceptors (Lipinski definition) is 2. The Morgan fingerprint density at radius 3 is 1.38 bits per heavy atom. The second-order valence-electron chi connectivity index (χ2n) is 15.2. The molecule has 8 aromatic carbocycles. The molecule has 0 aliphatic rings. The maximum atomic E-state index is 5.27. The van der Waals surface area contributed by atoms with E-state index in [1.165, 1.54) is 43.7 Å². The van der Waals surface area contributed by atoms with Crippen LogP contribution in [0.15, 0.2) is 194 Å². The number of benzene rings is 8. The molecular weight excluding hydrogens is 705 g/mol. The Kier molecular flexibility index (Phi) is 7.90. The normalized spacial score (nSPS) is 11.6. The molecule has 0 fully saturated rings. The van der Waals surface area contributed by atoms with E-state index >= 15 is 0 Å². The van der Waals surface area contributed by atoms with Crippen LogP contribution in [0, 0.1) is 13.8 Å². The predicted octanol–water partition coefficient (Wildman–Crippen LogP) is 14.0. The molecule has 0 spiro atoms. The number of rotatable bonds is 6. The number of nitrogens with zero attached hydrogens (tertiary/aromatic N) is 4. The quantitative estimate of drug-likeness (QED) is 0.170. The third-order valence-electron chi connectivity index (χ3n) is 11.5. The van der Waals surface area contributed by atoms with Crippen molar-refractivity contribution in [2.45, 2.75) is 13.8 Å². The van der Waals surface area contributed by atoms with Gasteiger partial charge in [-0.2, -0.15) is 0 Å². The molecule has 0 aliphatic carbocycles. The summed E-state index contributed by atoms with van der Waals surface area (Å²) >= 11 is 0. The molecule has 0 amide bonds. The van der Waals surface area contributed by atoms with E-state index in [0.717, 1.165) is 61.6 Å². The van der Waals surface area contributed by atoms with E-state index in [0.29, 0.717) is 5.82 Å². The molecule has 0 saturated heterocycles. The van der Waals surface area contributed by atoms with Crippen LogP contribution >= 0.6 is 0 Å². The summed E-state index contributed by atoms with van der Waals surface area (Å²) in [6, 6.07) is 69.6. The van der Waals surface area contributed by atoms with Gasteiger partial charge < -0.3 is 9.13 Å². The van der Waals surface area contributed by atoms with E-state index < -0.39 is 0 Å². The van der Waals surface area contributed by atoms with Crippen LogP contribution in [-0.4, -0.2) is 19.1 Å². The van der Waals surface area contributed by atoms with E-state index in [2.05, 4.69) is 205 Å². The van der Waals surface area contributed by atoms with Crippen LogP contribution in [-0.2, 0) is 0 Å². The molecule has 274 valence electrons. The monoisotopic (exact) mass is 742 g/mol. The highest BCUT2D eigenvalue weighted by atomic mass is 15.0. The lowest BCUT2D eigenvalue weighted by molar-refractivity contribution is 1.15. The smallest absolute Gasteiger partial charge is 0.160 e. The standard InChI is InChI=1S/C54H38N4/c1-35-25-29-51-44(31-35)41-20-10-13-23-49(41)57(51)48-22-12-9-19-40(48)43-28-27-39(33-53(43)58-50-24-14-11-21-42(50)45-32-36(2)26-30-52(45)58)54-55-46(37-15-5-3-6-16-37)34-47(56-54)38-17-7-4-8-18-38/h3-34H,1-2H3. The van der Waals surface area contributed by atoms with Crippen molar-refractivity contribution in [3.05, 3.63) is 205 Å². The number of aromatic nitrogens is 4. The van der Waals surface area contributed by atoms with E-state index in [1.54, 1.807) is 0 Å². The average Bonchev–Trinajstić information content (AvgIpc) is 3.78. The highest BCUT2D eigenvalue weighted by molar-refractivity contribution is 6.11. The molecule has 0 aliphatic heterocycles. The van der Waals surface area contributed by atoms with Crippen molar-refractivity contribution in [3.8, 4) is 56.4 Å². The summed E-state index contributed by atoms with van der Waals surface area (Å²) in [6.45, 7) is 4.34. The van der Waals surface area contributed by atoms with Crippen molar-refractivity contribution in [2.75, 3.05) is 0 Å². The average molecular weight is 743 g/mol. The van der Waals surface area contributed by atoms with Gasteiger partial charge in [0.25, 0.3) is 0 Å². The summed E-state index contributed by atoms with van der Waals surface area (Å²) in [5.41, 5.74) is 16.4. The van der Waals surface area contributed by atoms with Gasteiger partial charge in [-0.25, -0.2) is 9.97 Å². The van der Waals surface area contributed by atoms with Crippen LogP contribution in [0.5, 0.6) is 0 Å². The van der Waals surface area contributed by atoms with Crippen LogP contribution in [0.4, 0.5) is 0 Å². The first-order valence-electron chi connectivity index (χ1n) is 19.8. The Hall–Kier alpha value is -7.56. The molecule has 3 heterocycles. The number of fused-ring (bicyclic) bond motifs is 6. The van der Waals surface area contributed by atoms with E-state index in [4.69, 9.17) is 9.97 Å². The highest BCUT2D eigenvalue weighted by Crippen LogP contribution is 2.42. The fourth-order valence-electron chi connectivity index (χ4n) is 8.76. The van der Waals surface area contributed by atoms with Gasteiger partial charge in [-0.1, -0.05) is 151 Å². The van der Waals surface area contributed by atoms with Gasteiger partial charge in [0.2, 0.25) is 0 Å². The first-order chi connectivity index (χ1) is 28.6. The molecule has 0 saturated carbocycles. The maximum Gasteiger partial charge on any atom is 0.160 e. The molecule has 0 radical (unpaired) electrons. The van der Waals surface area contributed by atoms with Gasteiger partial charge in [0.05, 0.1) is 44.8 Å². The van der Waals surface area contributed by atoms with Crippen molar-refractivity contribution in [2.24, 2.45) is 0 Å². The highest BCUT2D eigenvalue weighted by Gasteiger charge is 2.22. The third-order valence-corrected chi connectivity index (χ3v) is 11.5. The fourth-order valence-corrected chi connectivity index (χ4v) is 8.76. The van der Waals surface area contributed by atoms with Crippen LogP contribution in [0.3, 0.4) is 0 Å².